The third kappa shape index (κ3) is 1.98. The number of fused-ring (bicyclic) bond motifs is 1. The Kier molecular flexibility index (Phi) is 3.43. The third-order valence-electron chi connectivity index (χ3n) is 3.43. The number of halogens is 1. The molecule has 6 heteroatoms. The fourth-order valence-electron chi connectivity index (χ4n) is 2.38. The van der Waals surface area contributed by atoms with Crippen LogP contribution in [-0.4, -0.2) is 18.9 Å². The second kappa shape index (κ2) is 5.28. The number of anilines is 1. The molecule has 0 saturated heterocycles. The van der Waals surface area contributed by atoms with Crippen LogP contribution in [0.3, 0.4) is 0 Å². The summed E-state index contributed by atoms with van der Waals surface area (Å²) >= 11 is 3.28. The summed E-state index contributed by atoms with van der Waals surface area (Å²) in [6.07, 6.45) is 0. The molecule has 0 aliphatic carbocycles. The lowest BCUT2D eigenvalue weighted by atomic mass is 10.1. The van der Waals surface area contributed by atoms with Crippen molar-refractivity contribution in [2.45, 2.75) is 0 Å². The van der Waals surface area contributed by atoms with Gasteiger partial charge >= 0.3 is 0 Å². The topological polar surface area (TPSA) is 70.4 Å². The molecule has 108 valence electrons. The summed E-state index contributed by atoms with van der Waals surface area (Å²) in [5, 5.41) is 9.30. The normalized spacial score (nSPS) is 13.0. The average molecular weight is 357 g/mol. The van der Waals surface area contributed by atoms with E-state index in [4.69, 9.17) is 4.74 Å². The zero-order valence-corrected chi connectivity index (χ0v) is 13.0. The molecule has 0 atom stereocenters. The largest absolute Gasteiger partial charge is 0.495 e. The quantitative estimate of drug-likeness (QED) is 0.775. The molecule has 0 radical (unpaired) electrons. The van der Waals surface area contributed by atoms with Crippen molar-refractivity contribution < 1.29 is 14.3 Å². The summed E-state index contributed by atoms with van der Waals surface area (Å²) in [5.41, 5.74) is 1.09. The molecule has 2 aromatic rings. The number of amides is 2. The molecule has 0 N–H and O–H groups in total. The van der Waals surface area contributed by atoms with Gasteiger partial charge in [-0.15, -0.1) is 0 Å². The molecule has 22 heavy (non-hydrogen) atoms. The molecular formula is C16H9BrN2O3. The molecule has 0 spiro atoms. The fraction of sp³-hybridized carbons (Fsp3) is 0.0625. The number of hydrogen-bond donors (Lipinski definition) is 0. The van der Waals surface area contributed by atoms with E-state index in [0.29, 0.717) is 21.3 Å². The smallest absolute Gasteiger partial charge is 0.266 e. The van der Waals surface area contributed by atoms with E-state index in [1.807, 2.05) is 6.07 Å². The molecule has 1 heterocycles. The molecule has 3 rings (SSSR count). The van der Waals surface area contributed by atoms with Gasteiger partial charge in [0.25, 0.3) is 11.8 Å². The molecule has 0 bridgehead atoms. The summed E-state index contributed by atoms with van der Waals surface area (Å²) in [5.74, 6) is -0.450. The van der Waals surface area contributed by atoms with Gasteiger partial charge in [0.2, 0.25) is 0 Å². The van der Waals surface area contributed by atoms with Crippen molar-refractivity contribution in [2.75, 3.05) is 12.0 Å². The first-order chi connectivity index (χ1) is 10.6. The lowest BCUT2D eigenvalue weighted by molar-refractivity contribution is 0.0926. The average Bonchev–Trinajstić information content (AvgIpc) is 2.79. The molecular weight excluding hydrogens is 348 g/mol. The van der Waals surface area contributed by atoms with Gasteiger partial charge < -0.3 is 4.74 Å². The van der Waals surface area contributed by atoms with Gasteiger partial charge in [-0.1, -0.05) is 12.1 Å². The van der Waals surface area contributed by atoms with Crippen LogP contribution in [0.15, 0.2) is 40.9 Å². The van der Waals surface area contributed by atoms with Crippen LogP contribution >= 0.6 is 15.9 Å². The molecule has 0 aromatic heterocycles. The van der Waals surface area contributed by atoms with Crippen molar-refractivity contribution >= 4 is 33.4 Å². The van der Waals surface area contributed by atoms with Crippen LogP contribution in [0.2, 0.25) is 0 Å². The van der Waals surface area contributed by atoms with Gasteiger partial charge in [-0.3, -0.25) is 9.59 Å². The van der Waals surface area contributed by atoms with Gasteiger partial charge in [-0.25, -0.2) is 4.90 Å². The van der Waals surface area contributed by atoms with Gasteiger partial charge in [0.1, 0.15) is 11.8 Å². The summed E-state index contributed by atoms with van der Waals surface area (Å²) in [7, 11) is 1.47. The van der Waals surface area contributed by atoms with Crippen LogP contribution < -0.4 is 9.64 Å². The number of carbonyl (C=O) groups excluding carboxylic acids is 2. The van der Waals surface area contributed by atoms with Crippen LogP contribution in [0.5, 0.6) is 5.75 Å². The molecule has 2 amide bonds. The molecule has 2 aromatic carbocycles. The number of rotatable bonds is 2. The first kappa shape index (κ1) is 14.3. The Hall–Kier alpha value is -2.65. The highest BCUT2D eigenvalue weighted by atomic mass is 79.9. The second-order valence-electron chi connectivity index (χ2n) is 4.61. The minimum Gasteiger partial charge on any atom is -0.495 e. The van der Waals surface area contributed by atoms with Crippen molar-refractivity contribution in [1.82, 2.24) is 0 Å². The maximum Gasteiger partial charge on any atom is 0.266 e. The number of imide groups is 1. The first-order valence-corrected chi connectivity index (χ1v) is 7.13. The second-order valence-corrected chi connectivity index (χ2v) is 5.46. The van der Waals surface area contributed by atoms with Crippen LogP contribution in [0.1, 0.15) is 26.3 Å². The monoisotopic (exact) mass is 356 g/mol. The Bertz CT molecular complexity index is 820. The minimum atomic E-state index is -0.443. The Morgan fingerprint density at radius 1 is 1.14 bits per heavy atom. The van der Waals surface area contributed by atoms with Gasteiger partial charge in [0.15, 0.2) is 0 Å². The number of benzene rings is 2. The summed E-state index contributed by atoms with van der Waals surface area (Å²) in [4.78, 5) is 26.0. The summed E-state index contributed by atoms with van der Waals surface area (Å²) in [6, 6.07) is 11.6. The van der Waals surface area contributed by atoms with Crippen molar-refractivity contribution in [1.29, 1.82) is 5.26 Å². The van der Waals surface area contributed by atoms with E-state index >= 15 is 0 Å². The Morgan fingerprint density at radius 3 is 2.23 bits per heavy atom. The number of ether oxygens (including phenoxy) is 1. The lowest BCUT2D eigenvalue weighted by Gasteiger charge is -2.17. The Labute approximate surface area is 134 Å². The van der Waals surface area contributed by atoms with Crippen LogP contribution in [-0.2, 0) is 0 Å². The predicted molar refractivity (Wildman–Crippen MR) is 83.0 cm³/mol. The lowest BCUT2D eigenvalue weighted by Crippen LogP contribution is -2.30. The standard InChI is InChI=1S/C16H9BrN2O3/c1-22-14-7-13(9(8-18)6-12(14)17)19-15(20)10-4-2-3-5-11(10)16(19)21/h2-7H,1H3. The molecule has 1 aliphatic rings. The predicted octanol–water partition coefficient (Wildman–Crippen LogP) is 3.13. The maximum atomic E-state index is 12.5. The number of carbonyl (C=O) groups is 2. The van der Waals surface area contributed by atoms with E-state index in [1.54, 1.807) is 24.3 Å². The highest BCUT2D eigenvalue weighted by molar-refractivity contribution is 9.10. The van der Waals surface area contributed by atoms with Crippen molar-refractivity contribution in [2.24, 2.45) is 0 Å². The van der Waals surface area contributed by atoms with E-state index in [1.165, 1.54) is 19.2 Å². The van der Waals surface area contributed by atoms with Gasteiger partial charge in [0.05, 0.1) is 34.0 Å². The van der Waals surface area contributed by atoms with Crippen LogP contribution in [0.25, 0.3) is 0 Å². The van der Waals surface area contributed by atoms with Gasteiger partial charge in [-0.2, -0.15) is 5.26 Å². The zero-order valence-electron chi connectivity index (χ0n) is 11.5. The van der Waals surface area contributed by atoms with Gasteiger partial charge in [0, 0.05) is 6.07 Å². The highest BCUT2D eigenvalue weighted by Crippen LogP contribution is 2.36. The van der Waals surface area contributed by atoms with E-state index in [2.05, 4.69) is 15.9 Å². The fourth-order valence-corrected chi connectivity index (χ4v) is 2.89. The number of hydrogen-bond acceptors (Lipinski definition) is 4. The van der Waals surface area contributed by atoms with Crippen molar-refractivity contribution in [3.63, 3.8) is 0 Å². The number of nitriles is 1. The van der Waals surface area contributed by atoms with E-state index in [-0.39, 0.29) is 11.3 Å². The zero-order chi connectivity index (χ0) is 15.9. The molecule has 0 unspecified atom stereocenters. The van der Waals surface area contributed by atoms with Crippen LogP contribution in [0, 0.1) is 11.3 Å². The van der Waals surface area contributed by atoms with E-state index < -0.39 is 11.8 Å². The number of methoxy groups -OCH3 is 1. The van der Waals surface area contributed by atoms with Gasteiger partial charge in [-0.05, 0) is 34.1 Å². The van der Waals surface area contributed by atoms with E-state index in [0.717, 1.165) is 4.90 Å². The van der Waals surface area contributed by atoms with Crippen molar-refractivity contribution in [3.05, 3.63) is 57.6 Å². The molecule has 0 fully saturated rings. The first-order valence-electron chi connectivity index (χ1n) is 6.34. The minimum absolute atomic E-state index is 0.210. The molecule has 0 saturated carbocycles. The third-order valence-corrected chi connectivity index (χ3v) is 4.05. The van der Waals surface area contributed by atoms with Crippen LogP contribution in [0.4, 0.5) is 5.69 Å². The maximum absolute atomic E-state index is 12.5. The molecule has 5 nitrogen and oxygen atoms in total. The van der Waals surface area contributed by atoms with E-state index in [9.17, 15) is 14.9 Å². The molecule has 1 aliphatic heterocycles. The number of nitrogens with zero attached hydrogens (tertiary/aromatic N) is 2. The highest BCUT2D eigenvalue weighted by Gasteiger charge is 2.37. The Morgan fingerprint density at radius 2 is 1.73 bits per heavy atom. The van der Waals surface area contributed by atoms with Crippen molar-refractivity contribution in [3.8, 4) is 11.8 Å². The Balaban J connectivity index is 2.20. The SMILES string of the molecule is COc1cc(N2C(=O)c3ccccc3C2=O)c(C#N)cc1Br. The summed E-state index contributed by atoms with van der Waals surface area (Å²) < 4.78 is 5.76. The summed E-state index contributed by atoms with van der Waals surface area (Å²) in [6.45, 7) is 0.